The second-order valence-corrected chi connectivity index (χ2v) is 7.10. The third-order valence-corrected chi connectivity index (χ3v) is 5.37. The van der Waals surface area contributed by atoms with Crippen LogP contribution in [0.3, 0.4) is 0 Å². The fraction of sp³-hybridized carbons (Fsp3) is 0.778. The van der Waals surface area contributed by atoms with Crippen LogP contribution in [0.15, 0.2) is 10.6 Å². The fourth-order valence-electron chi connectivity index (χ4n) is 3.98. The lowest BCUT2D eigenvalue weighted by molar-refractivity contribution is -0.123. The number of ether oxygens (including phenoxy) is 1. The summed E-state index contributed by atoms with van der Waals surface area (Å²) < 4.78 is 10.1. The Morgan fingerprint density at radius 1 is 1.36 bits per heavy atom. The molecule has 7 nitrogen and oxygen atoms in total. The molecule has 2 fully saturated rings. The minimum absolute atomic E-state index is 0.0542. The van der Waals surface area contributed by atoms with Crippen molar-refractivity contribution in [3.05, 3.63) is 11.8 Å². The predicted molar refractivity (Wildman–Crippen MR) is 92.4 cm³/mol. The highest BCUT2D eigenvalue weighted by atomic mass is 16.5. The maximum atomic E-state index is 12.3. The van der Waals surface area contributed by atoms with Crippen molar-refractivity contribution in [2.45, 2.75) is 69.6 Å². The van der Waals surface area contributed by atoms with Crippen LogP contribution in [0.25, 0.3) is 0 Å². The number of rotatable bonds is 6. The van der Waals surface area contributed by atoms with Gasteiger partial charge in [-0.3, -0.25) is 9.69 Å². The van der Waals surface area contributed by atoms with Crippen molar-refractivity contribution in [2.24, 2.45) is 0 Å². The number of nitrogens with one attached hydrogen (secondary N) is 1. The van der Waals surface area contributed by atoms with Crippen molar-refractivity contribution in [1.29, 1.82) is 0 Å². The van der Waals surface area contributed by atoms with Crippen molar-refractivity contribution in [3.8, 4) is 5.88 Å². The Labute approximate surface area is 148 Å². The lowest BCUT2D eigenvalue weighted by Crippen LogP contribution is -2.52. The maximum absolute atomic E-state index is 12.3. The number of aryl methyl sites for hydroxylation is 1. The molecule has 0 bridgehead atoms. The summed E-state index contributed by atoms with van der Waals surface area (Å²) >= 11 is 0. The molecule has 3 atom stereocenters. The Morgan fingerprint density at radius 2 is 2.12 bits per heavy atom. The Morgan fingerprint density at radius 3 is 2.84 bits per heavy atom. The minimum atomic E-state index is -0.491. The van der Waals surface area contributed by atoms with E-state index < -0.39 is 6.10 Å². The van der Waals surface area contributed by atoms with Crippen LogP contribution in [0.5, 0.6) is 5.88 Å². The van der Waals surface area contributed by atoms with E-state index in [0.717, 1.165) is 38.8 Å². The summed E-state index contributed by atoms with van der Waals surface area (Å²) in [4.78, 5) is 14.7. The van der Waals surface area contributed by atoms with Gasteiger partial charge >= 0.3 is 0 Å². The standard InChI is InChI=1S/C18H29N3O4/c1-24-17-12-13(25-20-17)8-9-16(22)19-14-6-2-3-7-15(18(14)23)21-10-4-5-11-21/h12,14-15,18,23H,2-11H2,1H3,(H,19,22)/t14-,15-,18-/m1/s1. The zero-order chi connectivity index (χ0) is 17.6. The molecule has 1 aliphatic carbocycles. The first-order valence-electron chi connectivity index (χ1n) is 9.38. The van der Waals surface area contributed by atoms with Gasteiger partial charge in [0.15, 0.2) is 0 Å². The molecular weight excluding hydrogens is 322 g/mol. The first-order valence-corrected chi connectivity index (χ1v) is 9.38. The molecular formula is C18H29N3O4. The molecule has 2 N–H and O–H groups in total. The van der Waals surface area contributed by atoms with Gasteiger partial charge in [0, 0.05) is 24.9 Å². The van der Waals surface area contributed by atoms with E-state index in [0.29, 0.717) is 24.5 Å². The number of methoxy groups -OCH3 is 1. The molecule has 0 spiro atoms. The summed E-state index contributed by atoms with van der Waals surface area (Å²) in [5.41, 5.74) is 0. The molecule has 1 saturated heterocycles. The highest BCUT2D eigenvalue weighted by Crippen LogP contribution is 2.26. The average Bonchev–Trinajstić information content (AvgIpc) is 3.27. The summed E-state index contributed by atoms with van der Waals surface area (Å²) in [6.45, 7) is 2.13. The summed E-state index contributed by atoms with van der Waals surface area (Å²) in [5.74, 6) is 0.993. The second-order valence-electron chi connectivity index (χ2n) is 7.10. The van der Waals surface area contributed by atoms with E-state index >= 15 is 0 Å². The van der Waals surface area contributed by atoms with Gasteiger partial charge in [-0.2, -0.15) is 0 Å². The number of aromatic nitrogens is 1. The van der Waals surface area contributed by atoms with Crippen LogP contribution in [-0.4, -0.2) is 59.5 Å². The number of amides is 1. The van der Waals surface area contributed by atoms with Crippen LogP contribution < -0.4 is 10.1 Å². The summed E-state index contributed by atoms with van der Waals surface area (Å²) in [6.07, 6.45) is 6.74. The van der Waals surface area contributed by atoms with Gasteiger partial charge in [0.25, 0.3) is 5.88 Å². The van der Waals surface area contributed by atoms with Crippen LogP contribution in [0.4, 0.5) is 0 Å². The summed E-state index contributed by atoms with van der Waals surface area (Å²) in [5, 5.41) is 17.6. The number of carbonyl (C=O) groups is 1. The highest BCUT2D eigenvalue weighted by molar-refractivity contribution is 5.76. The highest BCUT2D eigenvalue weighted by Gasteiger charge is 2.35. The maximum Gasteiger partial charge on any atom is 0.254 e. The topological polar surface area (TPSA) is 87.8 Å². The predicted octanol–water partition coefficient (Wildman–Crippen LogP) is 1.50. The van der Waals surface area contributed by atoms with E-state index in [-0.39, 0.29) is 18.0 Å². The van der Waals surface area contributed by atoms with Crippen LogP contribution in [0.2, 0.25) is 0 Å². The van der Waals surface area contributed by atoms with Gasteiger partial charge in [-0.1, -0.05) is 12.8 Å². The number of carbonyl (C=O) groups excluding carboxylic acids is 1. The van der Waals surface area contributed by atoms with Gasteiger partial charge in [0.2, 0.25) is 5.91 Å². The molecule has 1 aliphatic heterocycles. The van der Waals surface area contributed by atoms with Gasteiger partial charge in [0.1, 0.15) is 5.76 Å². The molecule has 1 aromatic rings. The Hall–Kier alpha value is -1.60. The van der Waals surface area contributed by atoms with Crippen molar-refractivity contribution in [2.75, 3.05) is 20.2 Å². The van der Waals surface area contributed by atoms with Crippen LogP contribution >= 0.6 is 0 Å². The number of hydrogen-bond donors (Lipinski definition) is 2. The molecule has 2 heterocycles. The van der Waals surface area contributed by atoms with Gasteiger partial charge < -0.3 is 19.7 Å². The van der Waals surface area contributed by atoms with Crippen LogP contribution in [0.1, 0.15) is 50.7 Å². The van der Waals surface area contributed by atoms with Crippen molar-refractivity contribution in [3.63, 3.8) is 0 Å². The first kappa shape index (κ1) is 18.2. The fourth-order valence-corrected chi connectivity index (χ4v) is 3.98. The van der Waals surface area contributed by atoms with Gasteiger partial charge in [-0.15, -0.1) is 0 Å². The average molecular weight is 351 g/mol. The number of aliphatic hydroxyl groups is 1. The van der Waals surface area contributed by atoms with Crippen LogP contribution in [0, 0.1) is 0 Å². The molecule has 7 heteroatoms. The van der Waals surface area contributed by atoms with E-state index in [1.165, 1.54) is 20.0 Å². The molecule has 1 amide bonds. The zero-order valence-corrected chi connectivity index (χ0v) is 14.9. The van der Waals surface area contributed by atoms with Gasteiger partial charge in [0.05, 0.1) is 19.3 Å². The molecule has 140 valence electrons. The van der Waals surface area contributed by atoms with E-state index in [1.807, 2.05) is 0 Å². The van der Waals surface area contributed by atoms with Crippen molar-refractivity contribution >= 4 is 5.91 Å². The zero-order valence-electron chi connectivity index (χ0n) is 14.9. The second kappa shape index (κ2) is 8.67. The van der Waals surface area contributed by atoms with E-state index in [2.05, 4.69) is 15.4 Å². The Kier molecular flexibility index (Phi) is 6.31. The first-order chi connectivity index (χ1) is 12.2. The lowest BCUT2D eigenvalue weighted by Gasteiger charge is -2.34. The molecule has 0 unspecified atom stereocenters. The number of aliphatic hydroxyl groups excluding tert-OH is 1. The quantitative estimate of drug-likeness (QED) is 0.755. The largest absolute Gasteiger partial charge is 0.479 e. The molecule has 2 aliphatic rings. The smallest absolute Gasteiger partial charge is 0.254 e. The summed E-state index contributed by atoms with van der Waals surface area (Å²) in [7, 11) is 1.53. The summed E-state index contributed by atoms with van der Waals surface area (Å²) in [6, 6.07) is 1.70. The number of likely N-dealkylation sites (tertiary alicyclic amines) is 1. The lowest BCUT2D eigenvalue weighted by atomic mass is 10.00. The van der Waals surface area contributed by atoms with Crippen LogP contribution in [-0.2, 0) is 11.2 Å². The number of nitrogens with zero attached hydrogens (tertiary/aromatic N) is 2. The van der Waals surface area contributed by atoms with Gasteiger partial charge in [-0.25, -0.2) is 0 Å². The normalized spacial score (nSPS) is 27.8. The van der Waals surface area contributed by atoms with E-state index in [9.17, 15) is 9.90 Å². The molecule has 0 aromatic carbocycles. The minimum Gasteiger partial charge on any atom is -0.479 e. The SMILES string of the molecule is COc1cc(CCC(=O)N[C@@H]2CCCC[C@@H](N3CCCC3)[C@@H]2O)on1. The Bertz CT molecular complexity index is 556. The number of hydrogen-bond acceptors (Lipinski definition) is 6. The monoisotopic (exact) mass is 351 g/mol. The molecule has 1 saturated carbocycles. The van der Waals surface area contributed by atoms with E-state index in [4.69, 9.17) is 9.26 Å². The third-order valence-electron chi connectivity index (χ3n) is 5.37. The van der Waals surface area contributed by atoms with E-state index in [1.54, 1.807) is 6.07 Å². The molecule has 3 rings (SSSR count). The van der Waals surface area contributed by atoms with Crippen molar-refractivity contribution in [1.82, 2.24) is 15.4 Å². The van der Waals surface area contributed by atoms with Crippen molar-refractivity contribution < 1.29 is 19.2 Å². The molecule has 25 heavy (non-hydrogen) atoms. The van der Waals surface area contributed by atoms with Gasteiger partial charge in [-0.05, 0) is 43.9 Å². The Balaban J connectivity index is 1.51. The molecule has 0 radical (unpaired) electrons. The molecule has 1 aromatic heterocycles. The third kappa shape index (κ3) is 4.73.